The summed E-state index contributed by atoms with van der Waals surface area (Å²) in [5.74, 6) is 2.18. The van der Waals surface area contributed by atoms with Crippen molar-refractivity contribution in [2.24, 2.45) is 5.41 Å². The summed E-state index contributed by atoms with van der Waals surface area (Å²) in [5.41, 5.74) is -0.284. The molecule has 3 nitrogen and oxygen atoms in total. The molecule has 2 N–H and O–H groups in total. The Morgan fingerprint density at radius 3 is 2.56 bits per heavy atom. The van der Waals surface area contributed by atoms with Crippen LogP contribution in [0.5, 0.6) is 0 Å². The van der Waals surface area contributed by atoms with Crippen molar-refractivity contribution in [3.05, 3.63) is 0 Å². The molecule has 0 aromatic rings. The third kappa shape index (κ3) is 3.03. The summed E-state index contributed by atoms with van der Waals surface area (Å²) in [7, 11) is 0. The number of thioether (sulfide) groups is 1. The van der Waals surface area contributed by atoms with Gasteiger partial charge in [0, 0.05) is 24.6 Å². The van der Waals surface area contributed by atoms with Gasteiger partial charge in [0.1, 0.15) is 0 Å². The zero-order valence-electron chi connectivity index (χ0n) is 11.9. The molecule has 2 atom stereocenters. The van der Waals surface area contributed by atoms with E-state index in [1.807, 2.05) is 11.8 Å². The van der Waals surface area contributed by atoms with Crippen LogP contribution in [-0.2, 0) is 4.74 Å². The molecule has 4 heteroatoms. The van der Waals surface area contributed by atoms with E-state index >= 15 is 0 Å². The third-order valence-corrected chi connectivity index (χ3v) is 5.63. The molecule has 1 aliphatic carbocycles. The Balaban J connectivity index is 1.78. The standard InChI is InChI=1S/C14H27NO2S/c1-4-17-12-9-11(13(12,2)3)15-10-14(16)5-7-18-8-6-14/h11-12,15-16H,4-10H2,1-3H3. The van der Waals surface area contributed by atoms with Crippen molar-refractivity contribution in [1.29, 1.82) is 0 Å². The molecule has 2 aliphatic rings. The monoisotopic (exact) mass is 273 g/mol. The number of hydrogen-bond acceptors (Lipinski definition) is 4. The molecule has 0 aromatic heterocycles. The summed E-state index contributed by atoms with van der Waals surface area (Å²) < 4.78 is 5.73. The molecule has 0 aromatic carbocycles. The predicted octanol–water partition coefficient (Wildman–Crippen LogP) is 2.04. The van der Waals surface area contributed by atoms with E-state index in [9.17, 15) is 5.11 Å². The highest BCUT2D eigenvalue weighted by Gasteiger charge is 2.49. The molecule has 1 heterocycles. The molecule has 2 rings (SSSR count). The van der Waals surface area contributed by atoms with Gasteiger partial charge < -0.3 is 15.2 Å². The van der Waals surface area contributed by atoms with Gasteiger partial charge in [-0.3, -0.25) is 0 Å². The van der Waals surface area contributed by atoms with Crippen molar-refractivity contribution in [3.63, 3.8) is 0 Å². The summed E-state index contributed by atoms with van der Waals surface area (Å²) in [5, 5.41) is 14.0. The van der Waals surface area contributed by atoms with Crippen molar-refractivity contribution in [3.8, 4) is 0 Å². The molecule has 0 radical (unpaired) electrons. The van der Waals surface area contributed by atoms with Gasteiger partial charge in [0.25, 0.3) is 0 Å². The van der Waals surface area contributed by atoms with E-state index in [4.69, 9.17) is 4.74 Å². The van der Waals surface area contributed by atoms with E-state index in [0.29, 0.717) is 12.1 Å². The average Bonchev–Trinajstić information content (AvgIpc) is 2.33. The Labute approximate surface area is 115 Å². The van der Waals surface area contributed by atoms with Crippen molar-refractivity contribution < 1.29 is 9.84 Å². The smallest absolute Gasteiger partial charge is 0.0787 e. The zero-order valence-corrected chi connectivity index (χ0v) is 12.7. The second-order valence-corrected chi connectivity index (χ2v) is 7.50. The average molecular weight is 273 g/mol. The van der Waals surface area contributed by atoms with Crippen LogP contribution < -0.4 is 5.32 Å². The second-order valence-electron chi connectivity index (χ2n) is 6.27. The van der Waals surface area contributed by atoms with Gasteiger partial charge >= 0.3 is 0 Å². The van der Waals surface area contributed by atoms with Crippen LogP contribution in [0.1, 0.15) is 40.0 Å². The molecule has 0 bridgehead atoms. The first-order valence-corrected chi connectivity index (χ1v) is 8.28. The highest BCUT2D eigenvalue weighted by molar-refractivity contribution is 7.99. The normalized spacial score (nSPS) is 34.0. The van der Waals surface area contributed by atoms with E-state index in [2.05, 4.69) is 26.1 Å². The first kappa shape index (κ1) is 14.6. The lowest BCUT2D eigenvalue weighted by Crippen LogP contribution is -2.63. The van der Waals surface area contributed by atoms with Gasteiger partial charge in [0.2, 0.25) is 0 Å². The minimum absolute atomic E-state index is 0.190. The lowest BCUT2D eigenvalue weighted by molar-refractivity contribution is -0.118. The molecule has 2 fully saturated rings. The molecule has 0 amide bonds. The van der Waals surface area contributed by atoms with Gasteiger partial charge in [0.05, 0.1) is 11.7 Å². The fraction of sp³-hybridized carbons (Fsp3) is 1.00. The van der Waals surface area contributed by atoms with Crippen molar-refractivity contribution >= 4 is 11.8 Å². The maximum Gasteiger partial charge on any atom is 0.0787 e. The van der Waals surface area contributed by atoms with Crippen LogP contribution in [0.3, 0.4) is 0 Å². The molecule has 0 spiro atoms. The minimum Gasteiger partial charge on any atom is -0.389 e. The summed E-state index contributed by atoms with van der Waals surface area (Å²) in [6.07, 6.45) is 3.29. The quantitative estimate of drug-likeness (QED) is 0.804. The Morgan fingerprint density at radius 2 is 2.00 bits per heavy atom. The maximum atomic E-state index is 10.5. The van der Waals surface area contributed by atoms with Crippen LogP contribution in [0, 0.1) is 5.41 Å². The van der Waals surface area contributed by atoms with Crippen LogP contribution in [0.4, 0.5) is 0 Å². The first-order valence-electron chi connectivity index (χ1n) is 7.13. The minimum atomic E-state index is -0.474. The van der Waals surface area contributed by atoms with Gasteiger partial charge in [-0.15, -0.1) is 0 Å². The fourth-order valence-electron chi connectivity index (χ4n) is 2.96. The molecular weight excluding hydrogens is 246 g/mol. The van der Waals surface area contributed by atoms with Gasteiger partial charge in [-0.1, -0.05) is 13.8 Å². The van der Waals surface area contributed by atoms with Crippen molar-refractivity contribution in [2.45, 2.75) is 57.8 Å². The summed E-state index contributed by atoms with van der Waals surface area (Å²) >= 11 is 1.95. The van der Waals surface area contributed by atoms with E-state index < -0.39 is 5.60 Å². The van der Waals surface area contributed by atoms with Crippen LogP contribution >= 0.6 is 11.8 Å². The van der Waals surface area contributed by atoms with Crippen LogP contribution in [0.15, 0.2) is 0 Å². The molecule has 1 aliphatic heterocycles. The van der Waals surface area contributed by atoms with Crippen LogP contribution in [0.25, 0.3) is 0 Å². The van der Waals surface area contributed by atoms with Gasteiger partial charge in [0.15, 0.2) is 0 Å². The molecule has 106 valence electrons. The largest absolute Gasteiger partial charge is 0.389 e. The number of rotatable bonds is 5. The predicted molar refractivity (Wildman–Crippen MR) is 77.1 cm³/mol. The Hall–Kier alpha value is 0.230. The Morgan fingerprint density at radius 1 is 1.33 bits per heavy atom. The lowest BCUT2D eigenvalue weighted by atomic mass is 9.64. The van der Waals surface area contributed by atoms with E-state index in [1.54, 1.807) is 0 Å². The molecule has 1 saturated heterocycles. The molecule has 1 saturated carbocycles. The topological polar surface area (TPSA) is 41.5 Å². The molecule has 18 heavy (non-hydrogen) atoms. The lowest BCUT2D eigenvalue weighted by Gasteiger charge is -2.52. The Kier molecular flexibility index (Phi) is 4.63. The number of hydrogen-bond donors (Lipinski definition) is 2. The Bertz CT molecular complexity index is 277. The van der Waals surface area contributed by atoms with Crippen molar-refractivity contribution in [1.82, 2.24) is 5.32 Å². The fourth-order valence-corrected chi connectivity index (χ4v) is 4.21. The van der Waals surface area contributed by atoms with Crippen molar-refractivity contribution in [2.75, 3.05) is 24.7 Å². The second kappa shape index (κ2) is 5.70. The van der Waals surface area contributed by atoms with Crippen LogP contribution in [-0.4, -0.2) is 47.5 Å². The number of ether oxygens (including phenoxy) is 1. The highest BCUT2D eigenvalue weighted by atomic mass is 32.2. The molecule has 2 unspecified atom stereocenters. The summed E-state index contributed by atoms with van der Waals surface area (Å²) in [4.78, 5) is 0. The number of nitrogens with one attached hydrogen (secondary N) is 1. The van der Waals surface area contributed by atoms with Crippen LogP contribution in [0.2, 0.25) is 0 Å². The maximum absolute atomic E-state index is 10.5. The summed E-state index contributed by atoms with van der Waals surface area (Å²) in [6, 6.07) is 0.479. The van der Waals surface area contributed by atoms with E-state index in [0.717, 1.165) is 43.9 Å². The first-order chi connectivity index (χ1) is 8.48. The van der Waals surface area contributed by atoms with Gasteiger partial charge in [-0.25, -0.2) is 0 Å². The number of aliphatic hydroxyl groups is 1. The van der Waals surface area contributed by atoms with E-state index in [1.165, 1.54) is 0 Å². The highest BCUT2D eigenvalue weighted by Crippen LogP contribution is 2.43. The van der Waals surface area contributed by atoms with Gasteiger partial charge in [-0.05, 0) is 37.7 Å². The van der Waals surface area contributed by atoms with Gasteiger partial charge in [-0.2, -0.15) is 11.8 Å². The zero-order chi connectivity index (χ0) is 13.2. The summed E-state index contributed by atoms with van der Waals surface area (Å²) in [6.45, 7) is 8.10. The molecular formula is C14H27NO2S. The third-order valence-electron chi connectivity index (χ3n) is 4.65. The SMILES string of the molecule is CCOC1CC(NCC2(O)CCSCC2)C1(C)C. The van der Waals surface area contributed by atoms with E-state index in [-0.39, 0.29) is 5.41 Å².